The molecule has 0 atom stereocenters. The molecule has 2 aromatic rings. The van der Waals surface area contributed by atoms with E-state index in [0.29, 0.717) is 16.6 Å². The lowest BCUT2D eigenvalue weighted by Gasteiger charge is -2.30. The topological polar surface area (TPSA) is 63.4 Å². The van der Waals surface area contributed by atoms with Gasteiger partial charge in [-0.3, -0.25) is 9.59 Å². The van der Waals surface area contributed by atoms with Crippen molar-refractivity contribution in [1.82, 2.24) is 0 Å². The van der Waals surface area contributed by atoms with E-state index < -0.39 is 5.91 Å². The van der Waals surface area contributed by atoms with Gasteiger partial charge in [-0.1, -0.05) is 12.1 Å². The summed E-state index contributed by atoms with van der Waals surface area (Å²) >= 11 is 3.13. The second-order valence-electron chi connectivity index (χ2n) is 5.74. The van der Waals surface area contributed by atoms with Crippen molar-refractivity contribution in [2.24, 2.45) is 5.73 Å². The Hall–Kier alpha value is -2.21. The van der Waals surface area contributed by atoms with Gasteiger partial charge in [0, 0.05) is 17.8 Å². The molecule has 1 aliphatic heterocycles. The fourth-order valence-electron chi connectivity index (χ4n) is 3.03. The van der Waals surface area contributed by atoms with Crippen molar-refractivity contribution in [2.75, 3.05) is 11.4 Å². The highest BCUT2D eigenvalue weighted by Crippen LogP contribution is 2.30. The average molecular weight is 391 g/mol. The number of amides is 2. The zero-order chi connectivity index (χ0) is 17.3. The van der Waals surface area contributed by atoms with Gasteiger partial charge in [0.15, 0.2) is 0 Å². The first-order valence-electron chi connectivity index (χ1n) is 7.63. The fraction of sp³-hybridized carbons (Fsp3) is 0.222. The number of halogens is 2. The van der Waals surface area contributed by atoms with Gasteiger partial charge in [-0.2, -0.15) is 0 Å². The number of fused-ring (bicyclic) bond motifs is 1. The summed E-state index contributed by atoms with van der Waals surface area (Å²) in [6.45, 7) is 0.594. The molecule has 0 unspecified atom stereocenters. The van der Waals surface area contributed by atoms with Gasteiger partial charge in [0.25, 0.3) is 0 Å². The summed E-state index contributed by atoms with van der Waals surface area (Å²) in [6.07, 6.45) is 1.66. The van der Waals surface area contributed by atoms with Crippen LogP contribution in [0.15, 0.2) is 40.9 Å². The highest BCUT2D eigenvalue weighted by atomic mass is 79.9. The maximum Gasteiger partial charge on any atom is 0.249 e. The Kier molecular flexibility index (Phi) is 4.66. The molecule has 2 aromatic carbocycles. The van der Waals surface area contributed by atoms with E-state index in [-0.39, 0.29) is 18.1 Å². The number of carbonyl (C=O) groups excluding carboxylic acids is 2. The van der Waals surface area contributed by atoms with Crippen LogP contribution in [-0.2, 0) is 17.6 Å². The summed E-state index contributed by atoms with van der Waals surface area (Å²) in [4.78, 5) is 26.0. The van der Waals surface area contributed by atoms with E-state index in [2.05, 4.69) is 15.9 Å². The number of hydrogen-bond donors (Lipinski definition) is 1. The van der Waals surface area contributed by atoms with Gasteiger partial charge >= 0.3 is 0 Å². The lowest BCUT2D eigenvalue weighted by Crippen LogP contribution is -2.37. The molecular weight excluding hydrogens is 375 g/mol. The smallest absolute Gasteiger partial charge is 0.249 e. The maximum absolute atomic E-state index is 13.3. The van der Waals surface area contributed by atoms with Gasteiger partial charge in [0.2, 0.25) is 11.8 Å². The van der Waals surface area contributed by atoms with Gasteiger partial charge in [0.1, 0.15) is 5.82 Å². The van der Waals surface area contributed by atoms with Crippen LogP contribution in [0.5, 0.6) is 0 Å². The second-order valence-corrected chi connectivity index (χ2v) is 6.60. The van der Waals surface area contributed by atoms with Gasteiger partial charge in [-0.25, -0.2) is 4.39 Å². The van der Waals surface area contributed by atoms with Crippen LogP contribution < -0.4 is 10.6 Å². The minimum atomic E-state index is -0.483. The van der Waals surface area contributed by atoms with Crippen LogP contribution in [0.2, 0.25) is 0 Å². The molecule has 0 fully saturated rings. The van der Waals surface area contributed by atoms with E-state index in [1.165, 1.54) is 6.07 Å². The molecule has 124 valence electrons. The number of nitrogens with two attached hydrogens (primary N) is 1. The van der Waals surface area contributed by atoms with Crippen molar-refractivity contribution in [1.29, 1.82) is 0 Å². The number of primary amides is 1. The van der Waals surface area contributed by atoms with Crippen molar-refractivity contribution < 1.29 is 14.0 Å². The molecular formula is C18H16BrFN2O2. The normalized spacial score (nSPS) is 13.5. The third kappa shape index (κ3) is 3.19. The predicted molar refractivity (Wildman–Crippen MR) is 93.4 cm³/mol. The molecule has 6 heteroatoms. The van der Waals surface area contributed by atoms with Gasteiger partial charge in [-0.05, 0) is 64.2 Å². The Balaban J connectivity index is 1.88. The van der Waals surface area contributed by atoms with Gasteiger partial charge < -0.3 is 10.6 Å². The maximum atomic E-state index is 13.3. The number of carbonyl (C=O) groups is 2. The molecule has 0 radical (unpaired) electrons. The number of benzene rings is 2. The Morgan fingerprint density at radius 2 is 2.04 bits per heavy atom. The molecule has 0 saturated heterocycles. The quantitative estimate of drug-likeness (QED) is 0.874. The molecule has 24 heavy (non-hydrogen) atoms. The number of nitrogens with zero attached hydrogens (tertiary/aromatic N) is 1. The molecule has 0 aromatic heterocycles. The Bertz CT molecular complexity index is 823. The molecule has 0 aliphatic carbocycles. The SMILES string of the molecule is NC(=O)c1cccc2c1CCCN2C(=O)Cc1ccc(F)c(Br)c1. The van der Waals surface area contributed by atoms with E-state index in [9.17, 15) is 14.0 Å². The molecule has 3 rings (SSSR count). The first-order valence-corrected chi connectivity index (χ1v) is 8.42. The molecule has 4 nitrogen and oxygen atoms in total. The van der Waals surface area contributed by atoms with Crippen molar-refractivity contribution in [3.05, 3.63) is 63.4 Å². The van der Waals surface area contributed by atoms with Crippen LogP contribution >= 0.6 is 15.9 Å². The van der Waals surface area contributed by atoms with Crippen LogP contribution in [0.1, 0.15) is 27.9 Å². The second kappa shape index (κ2) is 6.73. The fourth-order valence-corrected chi connectivity index (χ4v) is 3.46. The standard InChI is InChI=1S/C18H16BrFN2O2/c19-14-9-11(6-7-15(14)20)10-17(23)22-8-2-4-12-13(18(21)24)3-1-5-16(12)22/h1,3,5-7,9H,2,4,8,10H2,(H2,21,24). The zero-order valence-electron chi connectivity index (χ0n) is 12.9. The van der Waals surface area contributed by atoms with E-state index >= 15 is 0 Å². The molecule has 0 bridgehead atoms. The van der Waals surface area contributed by atoms with E-state index in [1.54, 1.807) is 29.2 Å². The molecule has 0 spiro atoms. The summed E-state index contributed by atoms with van der Waals surface area (Å²) in [5.74, 6) is -0.930. The lowest BCUT2D eigenvalue weighted by atomic mass is 9.95. The number of rotatable bonds is 3. The van der Waals surface area contributed by atoms with Crippen LogP contribution in [0.3, 0.4) is 0 Å². The van der Waals surface area contributed by atoms with Crippen LogP contribution in [0, 0.1) is 5.82 Å². The van der Waals surface area contributed by atoms with E-state index in [1.807, 2.05) is 6.07 Å². The Morgan fingerprint density at radius 1 is 1.25 bits per heavy atom. The predicted octanol–water partition coefficient (Wildman–Crippen LogP) is 3.21. The van der Waals surface area contributed by atoms with Crippen LogP contribution in [0.25, 0.3) is 0 Å². The van der Waals surface area contributed by atoms with Crippen molar-refractivity contribution >= 4 is 33.4 Å². The summed E-state index contributed by atoms with van der Waals surface area (Å²) in [5.41, 5.74) is 8.19. The monoisotopic (exact) mass is 390 g/mol. The molecule has 1 aliphatic rings. The average Bonchev–Trinajstić information content (AvgIpc) is 2.57. The van der Waals surface area contributed by atoms with Crippen LogP contribution in [-0.4, -0.2) is 18.4 Å². The molecule has 0 saturated carbocycles. The Morgan fingerprint density at radius 3 is 2.75 bits per heavy atom. The minimum absolute atomic E-state index is 0.0870. The Labute approximate surface area is 147 Å². The third-order valence-corrected chi connectivity index (χ3v) is 4.76. The van der Waals surface area contributed by atoms with Crippen LogP contribution in [0.4, 0.5) is 10.1 Å². The highest BCUT2D eigenvalue weighted by molar-refractivity contribution is 9.10. The summed E-state index contributed by atoms with van der Waals surface area (Å²) in [6, 6.07) is 9.80. The first kappa shape index (κ1) is 16.6. The van der Waals surface area contributed by atoms with Gasteiger partial charge in [0.05, 0.1) is 10.9 Å². The summed E-state index contributed by atoms with van der Waals surface area (Å²) in [7, 11) is 0. The van der Waals surface area contributed by atoms with Crippen molar-refractivity contribution in [3.8, 4) is 0 Å². The lowest BCUT2D eigenvalue weighted by molar-refractivity contribution is -0.118. The molecule has 1 heterocycles. The van der Waals surface area contributed by atoms with Crippen molar-refractivity contribution in [2.45, 2.75) is 19.3 Å². The molecule has 2 amide bonds. The van der Waals surface area contributed by atoms with Crippen molar-refractivity contribution in [3.63, 3.8) is 0 Å². The highest BCUT2D eigenvalue weighted by Gasteiger charge is 2.25. The molecule has 2 N–H and O–H groups in total. The largest absolute Gasteiger partial charge is 0.366 e. The number of hydrogen-bond acceptors (Lipinski definition) is 2. The zero-order valence-corrected chi connectivity index (χ0v) is 14.5. The minimum Gasteiger partial charge on any atom is -0.366 e. The van der Waals surface area contributed by atoms with Gasteiger partial charge in [-0.15, -0.1) is 0 Å². The third-order valence-electron chi connectivity index (χ3n) is 4.16. The van der Waals surface area contributed by atoms with E-state index in [0.717, 1.165) is 29.7 Å². The first-order chi connectivity index (χ1) is 11.5. The summed E-state index contributed by atoms with van der Waals surface area (Å²) < 4.78 is 13.7. The summed E-state index contributed by atoms with van der Waals surface area (Å²) in [5, 5.41) is 0. The van der Waals surface area contributed by atoms with E-state index in [4.69, 9.17) is 5.73 Å². The number of anilines is 1.